The summed E-state index contributed by atoms with van der Waals surface area (Å²) in [6.45, 7) is 2.29. The summed E-state index contributed by atoms with van der Waals surface area (Å²) in [5, 5.41) is 2.99. The van der Waals surface area contributed by atoms with E-state index in [-0.39, 0.29) is 5.92 Å². The number of rotatable bonds is 2. The van der Waals surface area contributed by atoms with Crippen molar-refractivity contribution in [2.45, 2.75) is 6.17 Å². The summed E-state index contributed by atoms with van der Waals surface area (Å²) in [5.41, 5.74) is 0. The molecule has 0 amide bonds. The van der Waals surface area contributed by atoms with Gasteiger partial charge in [0.05, 0.1) is 0 Å². The van der Waals surface area contributed by atoms with Gasteiger partial charge in [-0.1, -0.05) is 0 Å². The normalized spacial score (nSPS) is 35.1. The van der Waals surface area contributed by atoms with Gasteiger partial charge < -0.3 is 10.2 Å². The predicted octanol–water partition coefficient (Wildman–Crippen LogP) is 0.106. The van der Waals surface area contributed by atoms with Crippen LogP contribution in [0.25, 0.3) is 0 Å². The van der Waals surface area contributed by atoms with Crippen LogP contribution in [0.15, 0.2) is 0 Å². The zero-order valence-electron chi connectivity index (χ0n) is 6.60. The molecule has 0 spiro atoms. The number of hydrogen-bond donors (Lipinski definition) is 1. The lowest BCUT2D eigenvalue weighted by Gasteiger charge is -2.09. The maximum atomic E-state index is 12.9. The Morgan fingerprint density at radius 3 is 2.70 bits per heavy atom. The molecule has 60 valence electrons. The first-order chi connectivity index (χ1) is 4.74. The maximum Gasteiger partial charge on any atom is 0.118 e. The Morgan fingerprint density at radius 1 is 1.60 bits per heavy atom. The molecular weight excluding hydrogens is 131 g/mol. The molecule has 0 aromatic rings. The van der Waals surface area contributed by atoms with Gasteiger partial charge in [0, 0.05) is 25.6 Å². The molecule has 1 aliphatic rings. The largest absolute Gasteiger partial charge is 0.319 e. The Bertz CT molecular complexity index is 108. The van der Waals surface area contributed by atoms with Crippen LogP contribution in [0.1, 0.15) is 0 Å². The summed E-state index contributed by atoms with van der Waals surface area (Å²) in [5.74, 6) is 0.204. The SMILES string of the molecule is CNCC1CN(C)CC1F. The Hall–Kier alpha value is -0.150. The minimum Gasteiger partial charge on any atom is -0.319 e. The zero-order chi connectivity index (χ0) is 7.56. The number of likely N-dealkylation sites (tertiary alicyclic amines) is 1. The minimum absolute atomic E-state index is 0.204. The number of alkyl halides is 1. The van der Waals surface area contributed by atoms with E-state index in [0.29, 0.717) is 6.54 Å². The fraction of sp³-hybridized carbons (Fsp3) is 1.00. The van der Waals surface area contributed by atoms with Gasteiger partial charge in [0.1, 0.15) is 6.17 Å². The molecular formula is C7H15FN2. The van der Waals surface area contributed by atoms with Crippen LogP contribution in [0.4, 0.5) is 4.39 Å². The van der Waals surface area contributed by atoms with Gasteiger partial charge in [-0.3, -0.25) is 0 Å². The second-order valence-corrected chi connectivity index (χ2v) is 3.05. The molecule has 3 heteroatoms. The van der Waals surface area contributed by atoms with Crippen molar-refractivity contribution in [3.8, 4) is 0 Å². The smallest absolute Gasteiger partial charge is 0.118 e. The number of nitrogens with one attached hydrogen (secondary N) is 1. The van der Waals surface area contributed by atoms with E-state index in [1.165, 1.54) is 0 Å². The molecule has 1 N–H and O–H groups in total. The van der Waals surface area contributed by atoms with Gasteiger partial charge in [-0.2, -0.15) is 0 Å². The highest BCUT2D eigenvalue weighted by Gasteiger charge is 2.29. The zero-order valence-corrected chi connectivity index (χ0v) is 6.60. The van der Waals surface area contributed by atoms with E-state index in [1.807, 2.05) is 19.0 Å². The molecule has 2 atom stereocenters. The topological polar surface area (TPSA) is 15.3 Å². The van der Waals surface area contributed by atoms with Crippen LogP contribution in [-0.2, 0) is 0 Å². The second kappa shape index (κ2) is 3.30. The third-order valence-electron chi connectivity index (χ3n) is 2.01. The molecule has 1 saturated heterocycles. The van der Waals surface area contributed by atoms with Gasteiger partial charge >= 0.3 is 0 Å². The van der Waals surface area contributed by atoms with Crippen molar-refractivity contribution in [3.63, 3.8) is 0 Å². The number of hydrogen-bond acceptors (Lipinski definition) is 2. The van der Waals surface area contributed by atoms with E-state index < -0.39 is 6.17 Å². The van der Waals surface area contributed by atoms with Gasteiger partial charge in [0.15, 0.2) is 0 Å². The highest BCUT2D eigenvalue weighted by molar-refractivity contribution is 4.82. The summed E-state index contributed by atoms with van der Waals surface area (Å²) >= 11 is 0. The molecule has 2 unspecified atom stereocenters. The first-order valence-electron chi connectivity index (χ1n) is 3.71. The van der Waals surface area contributed by atoms with E-state index in [9.17, 15) is 4.39 Å². The lowest BCUT2D eigenvalue weighted by atomic mass is 10.1. The van der Waals surface area contributed by atoms with Crippen molar-refractivity contribution in [1.82, 2.24) is 10.2 Å². The fourth-order valence-corrected chi connectivity index (χ4v) is 1.49. The van der Waals surface area contributed by atoms with Crippen LogP contribution in [0.2, 0.25) is 0 Å². The first kappa shape index (κ1) is 7.95. The van der Waals surface area contributed by atoms with Crippen molar-refractivity contribution in [1.29, 1.82) is 0 Å². The molecule has 1 heterocycles. The van der Waals surface area contributed by atoms with Crippen molar-refractivity contribution in [3.05, 3.63) is 0 Å². The Morgan fingerprint density at radius 2 is 2.30 bits per heavy atom. The third kappa shape index (κ3) is 1.67. The maximum absolute atomic E-state index is 12.9. The molecule has 10 heavy (non-hydrogen) atoms. The molecule has 1 fully saturated rings. The standard InChI is InChI=1S/C7H15FN2/c1-9-3-6-4-10(2)5-7(6)8/h6-7,9H,3-5H2,1-2H3. The Balaban J connectivity index is 2.31. The van der Waals surface area contributed by atoms with E-state index in [2.05, 4.69) is 5.32 Å². The molecule has 0 aliphatic carbocycles. The van der Waals surface area contributed by atoms with Crippen molar-refractivity contribution in [2.24, 2.45) is 5.92 Å². The van der Waals surface area contributed by atoms with Gasteiger partial charge in [-0.15, -0.1) is 0 Å². The molecule has 0 saturated carbocycles. The fourth-order valence-electron chi connectivity index (χ4n) is 1.49. The average Bonchev–Trinajstić information content (AvgIpc) is 2.13. The molecule has 0 bridgehead atoms. The van der Waals surface area contributed by atoms with Crippen LogP contribution >= 0.6 is 0 Å². The van der Waals surface area contributed by atoms with Gasteiger partial charge in [0.25, 0.3) is 0 Å². The van der Waals surface area contributed by atoms with Crippen LogP contribution in [-0.4, -0.2) is 44.8 Å². The average molecular weight is 146 g/mol. The van der Waals surface area contributed by atoms with Gasteiger partial charge in [0.2, 0.25) is 0 Å². The summed E-state index contributed by atoms with van der Waals surface area (Å²) in [6, 6.07) is 0. The summed E-state index contributed by atoms with van der Waals surface area (Å²) < 4.78 is 12.9. The molecule has 1 aliphatic heterocycles. The molecule has 1 rings (SSSR count). The second-order valence-electron chi connectivity index (χ2n) is 3.05. The lowest BCUT2D eigenvalue weighted by molar-refractivity contribution is 0.276. The van der Waals surface area contributed by atoms with Gasteiger partial charge in [-0.25, -0.2) is 4.39 Å². The van der Waals surface area contributed by atoms with E-state index in [0.717, 1.165) is 13.1 Å². The van der Waals surface area contributed by atoms with Crippen LogP contribution in [0, 0.1) is 5.92 Å². The monoisotopic (exact) mass is 146 g/mol. The first-order valence-corrected chi connectivity index (χ1v) is 3.71. The van der Waals surface area contributed by atoms with Crippen LogP contribution in [0.5, 0.6) is 0 Å². The summed E-state index contributed by atoms with van der Waals surface area (Å²) in [6.07, 6.45) is -0.627. The van der Waals surface area contributed by atoms with Crippen LogP contribution < -0.4 is 5.32 Å². The van der Waals surface area contributed by atoms with Crippen molar-refractivity contribution >= 4 is 0 Å². The van der Waals surface area contributed by atoms with Crippen molar-refractivity contribution in [2.75, 3.05) is 33.7 Å². The van der Waals surface area contributed by atoms with Crippen molar-refractivity contribution < 1.29 is 4.39 Å². The van der Waals surface area contributed by atoms with E-state index in [4.69, 9.17) is 0 Å². The summed E-state index contributed by atoms with van der Waals surface area (Å²) in [4.78, 5) is 2.03. The van der Waals surface area contributed by atoms with E-state index in [1.54, 1.807) is 0 Å². The van der Waals surface area contributed by atoms with Crippen LogP contribution in [0.3, 0.4) is 0 Å². The quantitative estimate of drug-likeness (QED) is 0.594. The summed E-state index contributed by atoms with van der Waals surface area (Å²) in [7, 11) is 3.83. The lowest BCUT2D eigenvalue weighted by Crippen LogP contribution is -2.25. The van der Waals surface area contributed by atoms with E-state index >= 15 is 0 Å². The highest BCUT2D eigenvalue weighted by atomic mass is 19.1. The minimum atomic E-state index is -0.627. The molecule has 0 aromatic carbocycles. The molecule has 2 nitrogen and oxygen atoms in total. The predicted molar refractivity (Wildman–Crippen MR) is 39.8 cm³/mol. The molecule has 0 radical (unpaired) electrons. The number of halogens is 1. The third-order valence-corrected chi connectivity index (χ3v) is 2.01. The Kier molecular flexibility index (Phi) is 2.63. The number of nitrogens with zero attached hydrogens (tertiary/aromatic N) is 1. The Labute approximate surface area is 61.4 Å². The highest BCUT2D eigenvalue weighted by Crippen LogP contribution is 2.17. The van der Waals surface area contributed by atoms with Gasteiger partial charge in [-0.05, 0) is 14.1 Å². The molecule has 0 aromatic heterocycles.